The summed E-state index contributed by atoms with van der Waals surface area (Å²) in [5.74, 6) is 1.47. The standard InChI is InChI=1S/C21H32N2O3/c1-4-6-20(24)22-18-7-5-13-23(15-18)21(25)12-14-26-19-10-8-17(9-11-19)16(2)3/h8-11,16,18H,4-7,12-15H2,1-3H3,(H,22,24). The fraction of sp³-hybridized carbons (Fsp3) is 0.619. The van der Waals surface area contributed by atoms with E-state index in [1.807, 2.05) is 24.0 Å². The Balaban J connectivity index is 1.73. The third-order valence-corrected chi connectivity index (χ3v) is 4.75. The normalized spacial score (nSPS) is 17.2. The summed E-state index contributed by atoms with van der Waals surface area (Å²) in [7, 11) is 0. The smallest absolute Gasteiger partial charge is 0.226 e. The van der Waals surface area contributed by atoms with E-state index in [4.69, 9.17) is 4.74 Å². The van der Waals surface area contributed by atoms with Gasteiger partial charge in [0.15, 0.2) is 0 Å². The first-order valence-corrected chi connectivity index (χ1v) is 9.79. The predicted octanol–water partition coefficient (Wildman–Crippen LogP) is 3.49. The monoisotopic (exact) mass is 360 g/mol. The molecular formula is C21H32N2O3. The number of likely N-dealkylation sites (tertiary alicyclic amines) is 1. The fourth-order valence-corrected chi connectivity index (χ4v) is 3.21. The Morgan fingerprint density at radius 2 is 1.96 bits per heavy atom. The van der Waals surface area contributed by atoms with E-state index in [0.29, 0.717) is 31.9 Å². The van der Waals surface area contributed by atoms with Crippen molar-refractivity contribution < 1.29 is 14.3 Å². The Kier molecular flexibility index (Phi) is 7.95. The summed E-state index contributed by atoms with van der Waals surface area (Å²) in [5, 5.41) is 3.04. The van der Waals surface area contributed by atoms with Crippen LogP contribution in [0.3, 0.4) is 0 Å². The number of carbonyl (C=O) groups excluding carboxylic acids is 2. The Morgan fingerprint density at radius 1 is 1.23 bits per heavy atom. The van der Waals surface area contributed by atoms with Crippen LogP contribution in [0.2, 0.25) is 0 Å². The summed E-state index contributed by atoms with van der Waals surface area (Å²) in [6.07, 6.45) is 3.63. The van der Waals surface area contributed by atoms with E-state index < -0.39 is 0 Å². The third-order valence-electron chi connectivity index (χ3n) is 4.75. The van der Waals surface area contributed by atoms with Gasteiger partial charge in [-0.1, -0.05) is 32.9 Å². The van der Waals surface area contributed by atoms with Crippen LogP contribution in [0.25, 0.3) is 0 Å². The van der Waals surface area contributed by atoms with Gasteiger partial charge in [0.2, 0.25) is 11.8 Å². The van der Waals surface area contributed by atoms with Gasteiger partial charge in [-0.05, 0) is 42.9 Å². The van der Waals surface area contributed by atoms with Gasteiger partial charge in [-0.15, -0.1) is 0 Å². The number of hydrogen-bond acceptors (Lipinski definition) is 3. The number of benzene rings is 1. The molecule has 1 heterocycles. The molecule has 26 heavy (non-hydrogen) atoms. The summed E-state index contributed by atoms with van der Waals surface area (Å²) in [5.41, 5.74) is 1.28. The molecule has 1 aromatic carbocycles. The van der Waals surface area contributed by atoms with Crippen molar-refractivity contribution in [2.45, 2.75) is 64.8 Å². The maximum Gasteiger partial charge on any atom is 0.226 e. The highest BCUT2D eigenvalue weighted by molar-refractivity contribution is 5.77. The first-order valence-electron chi connectivity index (χ1n) is 9.79. The van der Waals surface area contributed by atoms with Crippen LogP contribution < -0.4 is 10.1 Å². The van der Waals surface area contributed by atoms with E-state index in [1.165, 1.54) is 5.56 Å². The topological polar surface area (TPSA) is 58.6 Å². The molecule has 144 valence electrons. The molecule has 1 aliphatic heterocycles. The van der Waals surface area contributed by atoms with E-state index in [0.717, 1.165) is 31.6 Å². The molecule has 1 saturated heterocycles. The summed E-state index contributed by atoms with van der Waals surface area (Å²) >= 11 is 0. The van der Waals surface area contributed by atoms with Crippen molar-refractivity contribution in [1.82, 2.24) is 10.2 Å². The van der Waals surface area contributed by atoms with E-state index in [9.17, 15) is 9.59 Å². The molecule has 0 aliphatic carbocycles. The molecule has 1 aromatic rings. The second-order valence-corrected chi connectivity index (χ2v) is 7.32. The maximum absolute atomic E-state index is 12.4. The first kappa shape index (κ1) is 20.3. The Hall–Kier alpha value is -2.04. The quantitative estimate of drug-likeness (QED) is 0.772. The highest BCUT2D eigenvalue weighted by atomic mass is 16.5. The van der Waals surface area contributed by atoms with Crippen LogP contribution in [0.5, 0.6) is 5.75 Å². The van der Waals surface area contributed by atoms with Crippen molar-refractivity contribution >= 4 is 11.8 Å². The van der Waals surface area contributed by atoms with Crippen molar-refractivity contribution in [3.63, 3.8) is 0 Å². The summed E-state index contributed by atoms with van der Waals surface area (Å²) in [6, 6.07) is 8.13. The fourth-order valence-electron chi connectivity index (χ4n) is 3.21. The van der Waals surface area contributed by atoms with Crippen molar-refractivity contribution in [3.8, 4) is 5.75 Å². The summed E-state index contributed by atoms with van der Waals surface area (Å²) in [6.45, 7) is 8.06. The SMILES string of the molecule is CCCC(=O)NC1CCCN(C(=O)CCOc2ccc(C(C)C)cc2)C1. The molecule has 1 N–H and O–H groups in total. The highest BCUT2D eigenvalue weighted by Gasteiger charge is 2.24. The van der Waals surface area contributed by atoms with Gasteiger partial charge in [0, 0.05) is 25.6 Å². The van der Waals surface area contributed by atoms with Gasteiger partial charge in [0.1, 0.15) is 5.75 Å². The van der Waals surface area contributed by atoms with Crippen LogP contribution in [0.4, 0.5) is 0 Å². The molecule has 1 atom stereocenters. The minimum absolute atomic E-state index is 0.0799. The predicted molar refractivity (Wildman–Crippen MR) is 103 cm³/mol. The van der Waals surface area contributed by atoms with Crippen molar-refractivity contribution in [1.29, 1.82) is 0 Å². The van der Waals surface area contributed by atoms with Gasteiger partial charge in [-0.3, -0.25) is 9.59 Å². The van der Waals surface area contributed by atoms with Gasteiger partial charge < -0.3 is 15.0 Å². The van der Waals surface area contributed by atoms with Crippen LogP contribution in [-0.4, -0.2) is 42.5 Å². The Labute approximate surface area is 157 Å². The van der Waals surface area contributed by atoms with E-state index in [-0.39, 0.29) is 17.9 Å². The largest absolute Gasteiger partial charge is 0.493 e. The van der Waals surface area contributed by atoms with Crippen molar-refractivity contribution in [2.24, 2.45) is 0 Å². The zero-order valence-electron chi connectivity index (χ0n) is 16.3. The molecule has 0 spiro atoms. The zero-order valence-corrected chi connectivity index (χ0v) is 16.3. The van der Waals surface area contributed by atoms with Gasteiger partial charge >= 0.3 is 0 Å². The lowest BCUT2D eigenvalue weighted by molar-refractivity contribution is -0.134. The number of piperidine rings is 1. The van der Waals surface area contributed by atoms with Crippen LogP contribution >= 0.6 is 0 Å². The van der Waals surface area contributed by atoms with Gasteiger partial charge in [0.25, 0.3) is 0 Å². The number of carbonyl (C=O) groups is 2. The van der Waals surface area contributed by atoms with Crippen LogP contribution in [0.1, 0.15) is 64.4 Å². The molecular weight excluding hydrogens is 328 g/mol. The minimum atomic E-state index is 0.0799. The second-order valence-electron chi connectivity index (χ2n) is 7.32. The maximum atomic E-state index is 12.4. The third kappa shape index (κ3) is 6.36. The van der Waals surface area contributed by atoms with E-state index in [1.54, 1.807) is 0 Å². The highest BCUT2D eigenvalue weighted by Crippen LogP contribution is 2.19. The molecule has 5 heteroatoms. The number of amides is 2. The first-order chi connectivity index (χ1) is 12.5. The lowest BCUT2D eigenvalue weighted by Crippen LogP contribution is -2.49. The molecule has 1 unspecified atom stereocenters. The number of nitrogens with one attached hydrogen (secondary N) is 1. The number of nitrogens with zero attached hydrogens (tertiary/aromatic N) is 1. The summed E-state index contributed by atoms with van der Waals surface area (Å²) in [4.78, 5) is 26.0. The van der Waals surface area contributed by atoms with Gasteiger partial charge in [-0.25, -0.2) is 0 Å². The van der Waals surface area contributed by atoms with Gasteiger partial charge in [-0.2, -0.15) is 0 Å². The lowest BCUT2D eigenvalue weighted by atomic mass is 10.0. The average molecular weight is 360 g/mol. The molecule has 0 radical (unpaired) electrons. The van der Waals surface area contributed by atoms with Crippen LogP contribution in [0.15, 0.2) is 24.3 Å². The van der Waals surface area contributed by atoms with Crippen LogP contribution in [-0.2, 0) is 9.59 Å². The molecule has 1 aliphatic rings. The number of ether oxygens (including phenoxy) is 1. The van der Waals surface area contributed by atoms with E-state index >= 15 is 0 Å². The zero-order chi connectivity index (χ0) is 18.9. The molecule has 0 bridgehead atoms. The number of hydrogen-bond donors (Lipinski definition) is 1. The molecule has 2 rings (SSSR count). The molecule has 1 fully saturated rings. The minimum Gasteiger partial charge on any atom is -0.493 e. The molecule has 2 amide bonds. The van der Waals surface area contributed by atoms with Gasteiger partial charge in [0.05, 0.1) is 13.0 Å². The second kappa shape index (κ2) is 10.2. The van der Waals surface area contributed by atoms with Crippen molar-refractivity contribution in [3.05, 3.63) is 29.8 Å². The lowest BCUT2D eigenvalue weighted by Gasteiger charge is -2.33. The van der Waals surface area contributed by atoms with Crippen molar-refractivity contribution in [2.75, 3.05) is 19.7 Å². The summed E-state index contributed by atoms with van der Waals surface area (Å²) < 4.78 is 5.71. The van der Waals surface area contributed by atoms with E-state index in [2.05, 4.69) is 31.3 Å². The van der Waals surface area contributed by atoms with Crippen LogP contribution in [0, 0.1) is 0 Å². The molecule has 0 aromatic heterocycles. The average Bonchev–Trinajstić information content (AvgIpc) is 2.62. The molecule has 5 nitrogen and oxygen atoms in total. The number of rotatable bonds is 8. The Morgan fingerprint density at radius 3 is 2.62 bits per heavy atom. The molecule has 0 saturated carbocycles. The Bertz CT molecular complexity index is 583.